The average molecular weight is 513 g/mol. The fourth-order valence-electron chi connectivity index (χ4n) is 2.57. The molecule has 0 bridgehead atoms. The summed E-state index contributed by atoms with van der Waals surface area (Å²) in [6, 6.07) is 15.6. The quantitative estimate of drug-likeness (QED) is 0.193. The molecule has 0 amide bonds. The molecule has 2 aromatic carbocycles. The Bertz CT molecular complexity index is 738. The van der Waals surface area contributed by atoms with Gasteiger partial charge in [-0.1, -0.05) is 35.9 Å². The first-order valence-electron chi connectivity index (χ1n) is 9.64. The maximum atomic E-state index is 10.4. The van der Waals surface area contributed by atoms with Gasteiger partial charge in [-0.15, -0.1) is 24.0 Å². The first kappa shape index (κ1) is 25.2. The lowest BCUT2D eigenvalue weighted by atomic mass is 10.1. The second-order valence-electron chi connectivity index (χ2n) is 6.49. The molecular weight excluding hydrogens is 481 g/mol. The molecular formula is C22H32IN3O3. The van der Waals surface area contributed by atoms with E-state index in [9.17, 15) is 5.11 Å². The zero-order valence-electron chi connectivity index (χ0n) is 17.4. The Morgan fingerprint density at radius 2 is 1.90 bits per heavy atom. The maximum Gasteiger partial charge on any atom is 0.195 e. The zero-order chi connectivity index (χ0) is 20.2. The lowest BCUT2D eigenvalue weighted by Crippen LogP contribution is -2.31. The highest BCUT2D eigenvalue weighted by molar-refractivity contribution is 14.0. The van der Waals surface area contributed by atoms with Crippen molar-refractivity contribution in [3.8, 4) is 5.75 Å². The standard InChI is InChI=1S/C22H31N3O3.HI/c1-4-23-22(24-16-21(26)18-11-9-17(2)10-12-18)25-19-7-5-8-20(15-19)28-14-6-13-27-3;/h5,7-12,15,21,26H,4,6,13-14,16H2,1-3H3,(H2,23,24,25);1H. The monoisotopic (exact) mass is 513 g/mol. The van der Waals surface area contributed by atoms with Gasteiger partial charge in [0.15, 0.2) is 5.96 Å². The molecule has 0 saturated heterocycles. The topological polar surface area (TPSA) is 75.1 Å². The second-order valence-corrected chi connectivity index (χ2v) is 6.49. The van der Waals surface area contributed by atoms with Crippen LogP contribution < -0.4 is 15.4 Å². The van der Waals surface area contributed by atoms with Crippen molar-refractivity contribution in [2.45, 2.75) is 26.4 Å². The molecule has 1 unspecified atom stereocenters. The highest BCUT2D eigenvalue weighted by Gasteiger charge is 2.08. The van der Waals surface area contributed by atoms with Crippen LogP contribution >= 0.6 is 24.0 Å². The number of methoxy groups -OCH3 is 1. The first-order chi connectivity index (χ1) is 13.6. The molecule has 0 aliphatic heterocycles. The number of rotatable bonds is 10. The van der Waals surface area contributed by atoms with Crippen LogP contribution in [0.5, 0.6) is 5.75 Å². The summed E-state index contributed by atoms with van der Waals surface area (Å²) >= 11 is 0. The number of halogens is 1. The van der Waals surface area contributed by atoms with Gasteiger partial charge in [0.05, 0.1) is 19.3 Å². The number of nitrogens with zero attached hydrogens (tertiary/aromatic N) is 1. The van der Waals surface area contributed by atoms with Crippen LogP contribution in [-0.2, 0) is 4.74 Å². The van der Waals surface area contributed by atoms with Gasteiger partial charge >= 0.3 is 0 Å². The lowest BCUT2D eigenvalue weighted by Gasteiger charge is -2.14. The molecule has 2 rings (SSSR count). The van der Waals surface area contributed by atoms with Crippen molar-refractivity contribution < 1.29 is 14.6 Å². The molecule has 1 atom stereocenters. The summed E-state index contributed by atoms with van der Waals surface area (Å²) < 4.78 is 10.8. The number of ether oxygens (including phenoxy) is 2. The molecule has 160 valence electrons. The van der Waals surface area contributed by atoms with Crippen molar-refractivity contribution in [2.24, 2.45) is 4.99 Å². The number of aliphatic hydroxyl groups is 1. The molecule has 7 heteroatoms. The molecule has 0 aliphatic carbocycles. The van der Waals surface area contributed by atoms with Crippen LogP contribution in [0.15, 0.2) is 53.5 Å². The van der Waals surface area contributed by atoms with Crippen LogP contribution in [0.3, 0.4) is 0 Å². The number of guanidine groups is 1. The van der Waals surface area contributed by atoms with Crippen molar-refractivity contribution in [2.75, 3.05) is 38.7 Å². The summed E-state index contributed by atoms with van der Waals surface area (Å²) in [5.41, 5.74) is 2.89. The van der Waals surface area contributed by atoms with Crippen LogP contribution in [0.4, 0.5) is 5.69 Å². The van der Waals surface area contributed by atoms with Crippen molar-refractivity contribution in [1.29, 1.82) is 0 Å². The Morgan fingerprint density at radius 3 is 2.59 bits per heavy atom. The fourth-order valence-corrected chi connectivity index (χ4v) is 2.57. The van der Waals surface area contributed by atoms with Gasteiger partial charge in [0.25, 0.3) is 0 Å². The predicted molar refractivity (Wildman–Crippen MR) is 130 cm³/mol. The number of aliphatic hydroxyl groups excluding tert-OH is 1. The largest absolute Gasteiger partial charge is 0.493 e. The molecule has 6 nitrogen and oxygen atoms in total. The Morgan fingerprint density at radius 1 is 1.14 bits per heavy atom. The molecule has 0 fully saturated rings. The maximum absolute atomic E-state index is 10.4. The molecule has 3 N–H and O–H groups in total. The summed E-state index contributed by atoms with van der Waals surface area (Å²) in [5.74, 6) is 1.40. The molecule has 29 heavy (non-hydrogen) atoms. The predicted octanol–water partition coefficient (Wildman–Crippen LogP) is 4.14. The van der Waals surface area contributed by atoms with Crippen LogP contribution in [0.25, 0.3) is 0 Å². The summed E-state index contributed by atoms with van der Waals surface area (Å²) in [6.07, 6.45) is 0.196. The average Bonchev–Trinajstić information content (AvgIpc) is 2.70. The van der Waals surface area contributed by atoms with Crippen LogP contribution in [0.1, 0.15) is 30.6 Å². The van der Waals surface area contributed by atoms with Gasteiger partial charge in [0.2, 0.25) is 0 Å². The molecule has 0 aromatic heterocycles. The van der Waals surface area contributed by atoms with Crippen LogP contribution in [-0.4, -0.2) is 44.5 Å². The van der Waals surface area contributed by atoms with E-state index in [-0.39, 0.29) is 30.5 Å². The lowest BCUT2D eigenvalue weighted by molar-refractivity contribution is 0.172. The third-order valence-corrected chi connectivity index (χ3v) is 4.09. The number of aliphatic imine (C=N–C) groups is 1. The van der Waals surface area contributed by atoms with E-state index in [1.54, 1.807) is 7.11 Å². The van der Waals surface area contributed by atoms with E-state index in [2.05, 4.69) is 15.6 Å². The Balaban J connectivity index is 0.00000420. The van der Waals surface area contributed by atoms with Gasteiger partial charge < -0.3 is 25.2 Å². The van der Waals surface area contributed by atoms with Gasteiger partial charge in [-0.3, -0.25) is 0 Å². The normalized spacial score (nSPS) is 12.1. The van der Waals surface area contributed by atoms with Gasteiger partial charge in [0.1, 0.15) is 5.75 Å². The SMILES string of the molecule is CCNC(=NCC(O)c1ccc(C)cc1)Nc1cccc(OCCCOC)c1.I. The van der Waals surface area contributed by atoms with E-state index in [0.29, 0.717) is 19.2 Å². The Kier molecular flexibility index (Phi) is 12.3. The van der Waals surface area contributed by atoms with E-state index in [1.165, 1.54) is 5.56 Å². The highest BCUT2D eigenvalue weighted by Crippen LogP contribution is 2.18. The van der Waals surface area contributed by atoms with E-state index in [0.717, 1.165) is 30.0 Å². The van der Waals surface area contributed by atoms with Gasteiger partial charge in [-0.2, -0.15) is 0 Å². The number of anilines is 1. The highest BCUT2D eigenvalue weighted by atomic mass is 127. The number of hydrogen-bond donors (Lipinski definition) is 3. The van der Waals surface area contributed by atoms with Gasteiger partial charge in [0, 0.05) is 38.4 Å². The molecule has 0 radical (unpaired) electrons. The van der Waals surface area contributed by atoms with E-state index in [4.69, 9.17) is 9.47 Å². The molecule has 0 spiro atoms. The van der Waals surface area contributed by atoms with Crippen molar-refractivity contribution >= 4 is 35.6 Å². The Hall–Kier alpha value is -1.84. The number of hydrogen-bond acceptors (Lipinski definition) is 4. The first-order valence-corrected chi connectivity index (χ1v) is 9.64. The third-order valence-electron chi connectivity index (χ3n) is 4.09. The summed E-state index contributed by atoms with van der Waals surface area (Å²) in [4.78, 5) is 4.51. The van der Waals surface area contributed by atoms with Gasteiger partial charge in [-0.05, 0) is 31.5 Å². The second kappa shape index (κ2) is 14.2. The molecule has 0 saturated carbocycles. The van der Waals surface area contributed by atoms with E-state index in [1.807, 2.05) is 62.4 Å². The van der Waals surface area contributed by atoms with E-state index >= 15 is 0 Å². The summed E-state index contributed by atoms with van der Waals surface area (Å²) in [5, 5.41) is 16.8. The molecule has 0 aliphatic rings. The molecule has 2 aromatic rings. The minimum atomic E-state index is -0.647. The van der Waals surface area contributed by atoms with Crippen molar-refractivity contribution in [3.63, 3.8) is 0 Å². The zero-order valence-corrected chi connectivity index (χ0v) is 19.7. The number of benzene rings is 2. The number of nitrogens with one attached hydrogen (secondary N) is 2. The van der Waals surface area contributed by atoms with Crippen LogP contribution in [0.2, 0.25) is 0 Å². The molecule has 0 heterocycles. The number of aryl methyl sites for hydroxylation is 1. The van der Waals surface area contributed by atoms with E-state index < -0.39 is 6.10 Å². The van der Waals surface area contributed by atoms with Crippen molar-refractivity contribution in [1.82, 2.24) is 5.32 Å². The smallest absolute Gasteiger partial charge is 0.195 e. The van der Waals surface area contributed by atoms with Crippen LogP contribution in [0, 0.1) is 6.92 Å². The van der Waals surface area contributed by atoms with Gasteiger partial charge in [-0.25, -0.2) is 4.99 Å². The minimum absolute atomic E-state index is 0. The summed E-state index contributed by atoms with van der Waals surface area (Å²) in [6.45, 7) is 6.30. The fraction of sp³-hybridized carbons (Fsp3) is 0.409. The van der Waals surface area contributed by atoms with Crippen molar-refractivity contribution in [3.05, 3.63) is 59.7 Å². The Labute approximate surface area is 190 Å². The third kappa shape index (κ3) is 9.47. The summed E-state index contributed by atoms with van der Waals surface area (Å²) in [7, 11) is 1.68. The minimum Gasteiger partial charge on any atom is -0.493 e.